The standard InChI is InChI=1S/C15H20N2O3/c1-17(15(19)12-7-3-2-4-8-12)11-14(18)16-20-13-9-5-6-10-13/h2-4,7-8,13H,5-6,9-11H2,1H3,(H,16,18). The number of hydrogen-bond donors (Lipinski definition) is 1. The molecule has 0 bridgehead atoms. The molecule has 1 aromatic carbocycles. The van der Waals surface area contributed by atoms with Crippen molar-refractivity contribution in [2.24, 2.45) is 0 Å². The average Bonchev–Trinajstić information content (AvgIpc) is 2.98. The van der Waals surface area contributed by atoms with E-state index in [1.54, 1.807) is 31.3 Å². The molecule has 2 amide bonds. The molecule has 5 heteroatoms. The first kappa shape index (κ1) is 14.5. The molecule has 0 heterocycles. The summed E-state index contributed by atoms with van der Waals surface area (Å²) >= 11 is 0. The van der Waals surface area contributed by atoms with Crippen molar-refractivity contribution in [3.8, 4) is 0 Å². The van der Waals surface area contributed by atoms with E-state index >= 15 is 0 Å². The molecule has 5 nitrogen and oxygen atoms in total. The first-order valence-corrected chi connectivity index (χ1v) is 6.92. The number of nitrogens with zero attached hydrogens (tertiary/aromatic N) is 1. The van der Waals surface area contributed by atoms with Gasteiger partial charge in [-0.3, -0.25) is 14.4 Å². The lowest BCUT2D eigenvalue weighted by Gasteiger charge is -2.17. The minimum Gasteiger partial charge on any atom is -0.332 e. The van der Waals surface area contributed by atoms with E-state index in [0.717, 1.165) is 25.7 Å². The van der Waals surface area contributed by atoms with Gasteiger partial charge in [-0.1, -0.05) is 31.0 Å². The topological polar surface area (TPSA) is 58.6 Å². The van der Waals surface area contributed by atoms with E-state index in [2.05, 4.69) is 5.48 Å². The second-order valence-corrected chi connectivity index (χ2v) is 5.08. The molecule has 0 atom stereocenters. The number of benzene rings is 1. The normalized spacial score (nSPS) is 15.1. The van der Waals surface area contributed by atoms with Crippen molar-refractivity contribution in [2.45, 2.75) is 31.8 Å². The maximum Gasteiger partial charge on any atom is 0.263 e. The van der Waals surface area contributed by atoms with Crippen molar-refractivity contribution in [3.63, 3.8) is 0 Å². The predicted molar refractivity (Wildman–Crippen MR) is 74.9 cm³/mol. The Balaban J connectivity index is 1.77. The van der Waals surface area contributed by atoms with Gasteiger partial charge in [-0.2, -0.15) is 0 Å². The number of hydroxylamine groups is 1. The molecule has 0 aliphatic heterocycles. The van der Waals surface area contributed by atoms with Crippen molar-refractivity contribution >= 4 is 11.8 Å². The van der Waals surface area contributed by atoms with Crippen LogP contribution >= 0.6 is 0 Å². The van der Waals surface area contributed by atoms with Gasteiger partial charge in [-0.25, -0.2) is 5.48 Å². The molecule has 0 aromatic heterocycles. The fraction of sp³-hybridized carbons (Fsp3) is 0.467. The minimum atomic E-state index is -0.302. The molecular weight excluding hydrogens is 256 g/mol. The monoisotopic (exact) mass is 276 g/mol. The van der Waals surface area contributed by atoms with E-state index in [1.165, 1.54) is 4.90 Å². The zero-order valence-corrected chi connectivity index (χ0v) is 11.7. The summed E-state index contributed by atoms with van der Waals surface area (Å²) < 4.78 is 0. The van der Waals surface area contributed by atoms with Gasteiger partial charge in [0, 0.05) is 12.6 Å². The van der Waals surface area contributed by atoms with E-state index in [1.807, 2.05) is 6.07 Å². The summed E-state index contributed by atoms with van der Waals surface area (Å²) in [5, 5.41) is 0. The molecule has 108 valence electrons. The van der Waals surface area contributed by atoms with Gasteiger partial charge >= 0.3 is 0 Å². The third kappa shape index (κ3) is 4.06. The summed E-state index contributed by atoms with van der Waals surface area (Å²) in [6.45, 7) is -0.0134. The lowest BCUT2D eigenvalue weighted by atomic mass is 10.2. The second kappa shape index (κ2) is 7.05. The third-order valence-corrected chi connectivity index (χ3v) is 3.39. The Morgan fingerprint density at radius 2 is 1.90 bits per heavy atom. The molecule has 20 heavy (non-hydrogen) atoms. The van der Waals surface area contributed by atoms with E-state index in [4.69, 9.17) is 4.84 Å². The Morgan fingerprint density at radius 1 is 1.25 bits per heavy atom. The highest BCUT2D eigenvalue weighted by atomic mass is 16.7. The number of rotatable bonds is 5. The molecule has 1 aliphatic carbocycles. The highest BCUT2D eigenvalue weighted by Gasteiger charge is 2.18. The van der Waals surface area contributed by atoms with Gasteiger partial charge in [0.2, 0.25) is 0 Å². The molecule has 0 radical (unpaired) electrons. The van der Waals surface area contributed by atoms with Crippen LogP contribution in [0.3, 0.4) is 0 Å². The third-order valence-electron chi connectivity index (χ3n) is 3.39. The largest absolute Gasteiger partial charge is 0.332 e. The Labute approximate surface area is 118 Å². The van der Waals surface area contributed by atoms with E-state index < -0.39 is 0 Å². The lowest BCUT2D eigenvalue weighted by molar-refractivity contribution is -0.138. The number of amides is 2. The number of carbonyl (C=O) groups is 2. The van der Waals surface area contributed by atoms with Crippen molar-refractivity contribution < 1.29 is 14.4 Å². The molecule has 1 saturated carbocycles. The lowest BCUT2D eigenvalue weighted by Crippen LogP contribution is -2.39. The van der Waals surface area contributed by atoms with Crippen LogP contribution in [0, 0.1) is 0 Å². The Bertz CT molecular complexity index is 455. The maximum absolute atomic E-state index is 12.0. The summed E-state index contributed by atoms with van der Waals surface area (Å²) in [7, 11) is 1.60. The van der Waals surface area contributed by atoms with Crippen LogP contribution in [-0.2, 0) is 9.63 Å². The van der Waals surface area contributed by atoms with Crippen LogP contribution in [0.15, 0.2) is 30.3 Å². The van der Waals surface area contributed by atoms with Crippen LogP contribution in [0.2, 0.25) is 0 Å². The predicted octanol–water partition coefficient (Wildman–Crippen LogP) is 1.75. The summed E-state index contributed by atoms with van der Waals surface area (Å²) in [4.78, 5) is 30.5. The molecule has 1 aromatic rings. The second-order valence-electron chi connectivity index (χ2n) is 5.08. The molecule has 1 aliphatic rings. The average molecular weight is 276 g/mol. The first-order valence-electron chi connectivity index (χ1n) is 6.92. The van der Waals surface area contributed by atoms with Crippen LogP contribution in [0.1, 0.15) is 36.0 Å². The highest BCUT2D eigenvalue weighted by molar-refractivity contribution is 5.96. The molecular formula is C15H20N2O3. The van der Waals surface area contributed by atoms with Crippen LogP contribution in [0.4, 0.5) is 0 Å². The van der Waals surface area contributed by atoms with Gasteiger partial charge < -0.3 is 4.90 Å². The van der Waals surface area contributed by atoms with Crippen molar-refractivity contribution in [3.05, 3.63) is 35.9 Å². The highest BCUT2D eigenvalue weighted by Crippen LogP contribution is 2.19. The molecule has 0 unspecified atom stereocenters. The number of hydrogen-bond acceptors (Lipinski definition) is 3. The SMILES string of the molecule is CN(CC(=O)NOC1CCCC1)C(=O)c1ccccc1. The van der Waals surface area contributed by atoms with Gasteiger partial charge in [0.25, 0.3) is 11.8 Å². The quantitative estimate of drug-likeness (QED) is 0.834. The minimum absolute atomic E-state index is 0.0134. The summed E-state index contributed by atoms with van der Waals surface area (Å²) in [5.41, 5.74) is 3.00. The van der Waals surface area contributed by atoms with Gasteiger partial charge in [0.15, 0.2) is 0 Å². The summed E-state index contributed by atoms with van der Waals surface area (Å²) in [6.07, 6.45) is 4.38. The zero-order chi connectivity index (χ0) is 14.4. The summed E-state index contributed by atoms with van der Waals surface area (Å²) in [6, 6.07) is 8.89. The van der Waals surface area contributed by atoms with E-state index in [-0.39, 0.29) is 24.5 Å². The van der Waals surface area contributed by atoms with E-state index in [9.17, 15) is 9.59 Å². The molecule has 0 saturated heterocycles. The Hall–Kier alpha value is -1.88. The van der Waals surface area contributed by atoms with Crippen LogP contribution in [-0.4, -0.2) is 36.4 Å². The van der Waals surface area contributed by atoms with Crippen LogP contribution < -0.4 is 5.48 Å². The Morgan fingerprint density at radius 3 is 2.55 bits per heavy atom. The summed E-state index contributed by atoms with van der Waals surface area (Å²) in [5.74, 6) is -0.481. The van der Waals surface area contributed by atoms with Gasteiger partial charge in [0.1, 0.15) is 6.54 Å². The molecule has 0 spiro atoms. The first-order chi connectivity index (χ1) is 9.66. The number of likely N-dealkylation sites (N-methyl/N-ethyl adjacent to an activating group) is 1. The fourth-order valence-electron chi connectivity index (χ4n) is 2.28. The smallest absolute Gasteiger partial charge is 0.263 e. The number of carbonyl (C=O) groups excluding carboxylic acids is 2. The van der Waals surface area contributed by atoms with Crippen molar-refractivity contribution in [2.75, 3.05) is 13.6 Å². The van der Waals surface area contributed by atoms with Crippen molar-refractivity contribution in [1.82, 2.24) is 10.4 Å². The fourth-order valence-corrected chi connectivity index (χ4v) is 2.28. The van der Waals surface area contributed by atoms with Crippen molar-refractivity contribution in [1.29, 1.82) is 0 Å². The van der Waals surface area contributed by atoms with E-state index in [0.29, 0.717) is 5.56 Å². The van der Waals surface area contributed by atoms with Gasteiger partial charge in [-0.15, -0.1) is 0 Å². The van der Waals surface area contributed by atoms with Gasteiger partial charge in [-0.05, 0) is 25.0 Å². The molecule has 2 rings (SSSR count). The number of nitrogens with one attached hydrogen (secondary N) is 1. The van der Waals surface area contributed by atoms with Gasteiger partial charge in [0.05, 0.1) is 6.10 Å². The molecule has 1 N–H and O–H groups in total. The van der Waals surface area contributed by atoms with Crippen LogP contribution in [0.25, 0.3) is 0 Å². The zero-order valence-electron chi connectivity index (χ0n) is 11.7. The molecule has 1 fully saturated rings. The Kier molecular flexibility index (Phi) is 5.12. The van der Waals surface area contributed by atoms with Crippen LogP contribution in [0.5, 0.6) is 0 Å². The maximum atomic E-state index is 12.0.